The van der Waals surface area contributed by atoms with Crippen LogP contribution in [-0.4, -0.2) is 33.6 Å². The normalized spacial score (nSPS) is 17.6. The maximum atomic E-state index is 12.9. The third-order valence-corrected chi connectivity index (χ3v) is 4.28. The number of hydrogen-bond acceptors (Lipinski definition) is 4. The summed E-state index contributed by atoms with van der Waals surface area (Å²) in [4.78, 5) is 25.0. The van der Waals surface area contributed by atoms with Crippen molar-refractivity contribution in [3.8, 4) is 6.07 Å². The number of H-pyrrole nitrogens is 1. The summed E-state index contributed by atoms with van der Waals surface area (Å²) in [6.07, 6.45) is -0.911. The Labute approximate surface area is 150 Å². The van der Waals surface area contributed by atoms with Gasteiger partial charge in [0.2, 0.25) is 5.95 Å². The molecule has 0 bridgehead atoms. The van der Waals surface area contributed by atoms with Crippen LogP contribution in [0, 0.1) is 11.3 Å². The van der Waals surface area contributed by atoms with Crippen LogP contribution < -0.4 is 9.80 Å². The van der Waals surface area contributed by atoms with Crippen LogP contribution in [-0.2, 0) is 6.18 Å². The van der Waals surface area contributed by atoms with E-state index in [1.807, 2.05) is 18.2 Å². The highest BCUT2D eigenvalue weighted by Gasteiger charge is 2.42. The summed E-state index contributed by atoms with van der Waals surface area (Å²) in [7, 11) is 0. The molecule has 2 aromatic heterocycles. The first-order valence-electron chi connectivity index (χ1n) is 7.85. The van der Waals surface area contributed by atoms with E-state index in [4.69, 9.17) is 0 Å². The highest BCUT2D eigenvalue weighted by molar-refractivity contribution is 6.11. The lowest BCUT2D eigenvalue weighted by molar-refractivity contribution is -0.140. The second kappa shape index (κ2) is 5.98. The monoisotopic (exact) mass is 372 g/mol. The molecule has 1 unspecified atom stereocenters. The number of benzene rings is 1. The van der Waals surface area contributed by atoms with Crippen molar-refractivity contribution >= 4 is 28.4 Å². The van der Waals surface area contributed by atoms with Crippen molar-refractivity contribution in [3.63, 3.8) is 0 Å². The van der Waals surface area contributed by atoms with E-state index < -0.39 is 23.9 Å². The number of aromatic amines is 1. The Balaban J connectivity index is 1.75. The summed E-state index contributed by atoms with van der Waals surface area (Å²) < 4.78 is 38.4. The number of carbonyl (C=O) groups is 1. The standard InChI is InChI=1S/C17H11F3N6O/c18-17(19,20)14-8-23-15(24-14)25-9-11(5-21)26(16(25)27)13-7-22-6-10-3-1-2-4-12(10)13/h1-4,6-8,11H,9H2,(H,23,24). The van der Waals surface area contributed by atoms with Crippen molar-refractivity contribution in [2.24, 2.45) is 0 Å². The van der Waals surface area contributed by atoms with Gasteiger partial charge < -0.3 is 4.98 Å². The Hall–Kier alpha value is -3.61. The second-order valence-electron chi connectivity index (χ2n) is 5.91. The quantitative estimate of drug-likeness (QED) is 0.747. The van der Waals surface area contributed by atoms with Crippen LogP contribution in [0.25, 0.3) is 10.8 Å². The van der Waals surface area contributed by atoms with E-state index in [9.17, 15) is 23.2 Å². The first-order chi connectivity index (χ1) is 12.9. The zero-order valence-electron chi connectivity index (χ0n) is 13.6. The van der Waals surface area contributed by atoms with E-state index in [0.717, 1.165) is 10.3 Å². The molecule has 1 aromatic carbocycles. The molecule has 0 saturated carbocycles. The van der Waals surface area contributed by atoms with E-state index in [1.165, 1.54) is 11.1 Å². The number of halogens is 3. The number of nitrogens with one attached hydrogen (secondary N) is 1. The molecule has 1 saturated heterocycles. The predicted molar refractivity (Wildman–Crippen MR) is 90.0 cm³/mol. The largest absolute Gasteiger partial charge is 0.432 e. The number of rotatable bonds is 2. The minimum atomic E-state index is -4.61. The summed E-state index contributed by atoms with van der Waals surface area (Å²) in [5.74, 6) is -0.261. The summed E-state index contributed by atoms with van der Waals surface area (Å²) in [6.45, 7) is -0.122. The maximum Gasteiger partial charge on any atom is 0.432 e. The van der Waals surface area contributed by atoms with Crippen LogP contribution in [0.5, 0.6) is 0 Å². The number of urea groups is 1. The van der Waals surface area contributed by atoms with Crippen molar-refractivity contribution in [1.82, 2.24) is 15.0 Å². The third kappa shape index (κ3) is 2.73. The fourth-order valence-electron chi connectivity index (χ4n) is 3.03. The van der Waals surface area contributed by atoms with E-state index in [1.54, 1.807) is 18.3 Å². The highest BCUT2D eigenvalue weighted by atomic mass is 19.4. The van der Waals surface area contributed by atoms with Crippen LogP contribution in [0.1, 0.15) is 5.69 Å². The topological polar surface area (TPSA) is 88.9 Å². The van der Waals surface area contributed by atoms with Gasteiger partial charge in [0.1, 0.15) is 11.7 Å². The average molecular weight is 372 g/mol. The molecule has 0 aliphatic carbocycles. The van der Waals surface area contributed by atoms with Crippen LogP contribution in [0.3, 0.4) is 0 Å². The van der Waals surface area contributed by atoms with Gasteiger partial charge in [-0.25, -0.2) is 9.78 Å². The van der Waals surface area contributed by atoms with E-state index in [2.05, 4.69) is 15.0 Å². The van der Waals surface area contributed by atoms with Crippen molar-refractivity contribution in [2.45, 2.75) is 12.2 Å². The van der Waals surface area contributed by atoms with Crippen LogP contribution in [0.4, 0.5) is 29.6 Å². The van der Waals surface area contributed by atoms with Gasteiger partial charge in [0.05, 0.1) is 30.7 Å². The van der Waals surface area contributed by atoms with Gasteiger partial charge in [0.15, 0.2) is 0 Å². The number of carbonyl (C=O) groups excluding carboxylic acids is 1. The lowest BCUT2D eigenvalue weighted by Crippen LogP contribution is -2.35. The maximum absolute atomic E-state index is 12.9. The van der Waals surface area contributed by atoms with Crippen LogP contribution in [0.15, 0.2) is 42.9 Å². The molecular weight excluding hydrogens is 361 g/mol. The molecule has 0 spiro atoms. The van der Waals surface area contributed by atoms with Crippen LogP contribution >= 0.6 is 0 Å². The number of nitrogens with zero attached hydrogens (tertiary/aromatic N) is 5. The molecule has 7 nitrogen and oxygen atoms in total. The molecule has 10 heteroatoms. The minimum Gasteiger partial charge on any atom is -0.320 e. The number of pyridine rings is 1. The Morgan fingerprint density at radius 3 is 2.70 bits per heavy atom. The summed E-state index contributed by atoms with van der Waals surface area (Å²) in [5.41, 5.74) is -0.654. The lowest BCUT2D eigenvalue weighted by Gasteiger charge is -2.20. The van der Waals surface area contributed by atoms with Crippen LogP contribution in [0.2, 0.25) is 0 Å². The SMILES string of the molecule is N#CC1CN(c2ncc(C(F)(F)F)[nH]2)C(=O)N1c1cncc2ccccc12. The molecule has 3 heterocycles. The first kappa shape index (κ1) is 16.8. The van der Waals surface area contributed by atoms with Gasteiger partial charge in [-0.15, -0.1) is 0 Å². The molecule has 0 radical (unpaired) electrons. The Bertz CT molecular complexity index is 1060. The van der Waals surface area contributed by atoms with Gasteiger partial charge in [-0.05, 0) is 0 Å². The minimum absolute atomic E-state index is 0.122. The van der Waals surface area contributed by atoms with Gasteiger partial charge in [-0.2, -0.15) is 18.4 Å². The number of imidazole rings is 1. The van der Waals surface area contributed by atoms with Crippen molar-refractivity contribution in [2.75, 3.05) is 16.3 Å². The van der Waals surface area contributed by atoms with E-state index in [-0.39, 0.29) is 12.5 Å². The van der Waals surface area contributed by atoms with Gasteiger partial charge in [-0.3, -0.25) is 14.8 Å². The number of anilines is 2. The third-order valence-electron chi connectivity index (χ3n) is 4.28. The second-order valence-corrected chi connectivity index (χ2v) is 5.91. The van der Waals surface area contributed by atoms with Crippen molar-refractivity contribution < 1.29 is 18.0 Å². The van der Waals surface area contributed by atoms with E-state index in [0.29, 0.717) is 17.3 Å². The van der Waals surface area contributed by atoms with Gasteiger partial charge in [-0.1, -0.05) is 24.3 Å². The van der Waals surface area contributed by atoms with Crippen molar-refractivity contribution in [1.29, 1.82) is 5.26 Å². The van der Waals surface area contributed by atoms with Crippen molar-refractivity contribution in [3.05, 3.63) is 48.5 Å². The molecular formula is C17H11F3N6O. The number of amides is 2. The molecule has 1 fully saturated rings. The van der Waals surface area contributed by atoms with Gasteiger partial charge in [0, 0.05) is 17.0 Å². The molecule has 1 aliphatic rings. The van der Waals surface area contributed by atoms with Gasteiger partial charge in [0.25, 0.3) is 0 Å². The number of fused-ring (bicyclic) bond motifs is 1. The fourth-order valence-corrected chi connectivity index (χ4v) is 3.03. The van der Waals surface area contributed by atoms with E-state index >= 15 is 0 Å². The zero-order valence-corrected chi connectivity index (χ0v) is 13.6. The summed E-state index contributed by atoms with van der Waals surface area (Å²) in [6, 6.07) is 7.66. The average Bonchev–Trinajstić information content (AvgIpc) is 3.25. The number of hydrogen-bond donors (Lipinski definition) is 1. The lowest BCUT2D eigenvalue weighted by atomic mass is 10.1. The molecule has 136 valence electrons. The molecule has 2 amide bonds. The Morgan fingerprint density at radius 1 is 1.22 bits per heavy atom. The summed E-state index contributed by atoms with van der Waals surface area (Å²) in [5, 5.41) is 11.0. The predicted octanol–water partition coefficient (Wildman–Crippen LogP) is 3.32. The number of alkyl halides is 3. The zero-order chi connectivity index (χ0) is 19.2. The molecule has 3 aromatic rings. The highest BCUT2D eigenvalue weighted by Crippen LogP contribution is 2.34. The molecule has 1 aliphatic heterocycles. The number of aromatic nitrogens is 3. The Morgan fingerprint density at radius 2 is 2.00 bits per heavy atom. The molecule has 1 N–H and O–H groups in total. The fraction of sp³-hybridized carbons (Fsp3) is 0.176. The molecule has 4 rings (SSSR count). The molecule has 1 atom stereocenters. The smallest absolute Gasteiger partial charge is 0.320 e. The summed E-state index contributed by atoms with van der Waals surface area (Å²) >= 11 is 0. The number of nitriles is 1. The van der Waals surface area contributed by atoms with Gasteiger partial charge >= 0.3 is 12.2 Å². The Kier molecular flexibility index (Phi) is 3.73. The molecule has 27 heavy (non-hydrogen) atoms. The first-order valence-corrected chi connectivity index (χ1v) is 7.85.